The van der Waals surface area contributed by atoms with Crippen molar-refractivity contribution in [3.8, 4) is 0 Å². The van der Waals surface area contributed by atoms with Gasteiger partial charge >= 0.3 is 0 Å². The molecule has 0 unspecified atom stereocenters. The summed E-state index contributed by atoms with van der Waals surface area (Å²) in [6.45, 7) is 2.47. The first kappa shape index (κ1) is 15.8. The molecule has 0 aromatic heterocycles. The quantitative estimate of drug-likeness (QED) is 0.571. The summed E-state index contributed by atoms with van der Waals surface area (Å²) in [6.07, 6.45) is 4.25. The number of thioether (sulfide) groups is 1. The molecule has 1 aliphatic carbocycles. The summed E-state index contributed by atoms with van der Waals surface area (Å²) in [5.74, 6) is 0.813. The zero-order valence-electron chi connectivity index (χ0n) is 12.2. The van der Waals surface area contributed by atoms with Crippen molar-refractivity contribution in [2.45, 2.75) is 42.7 Å². The summed E-state index contributed by atoms with van der Waals surface area (Å²) in [5, 5.41) is 13.7. The molecule has 0 amide bonds. The van der Waals surface area contributed by atoms with Crippen LogP contribution in [0.15, 0.2) is 29.2 Å². The van der Waals surface area contributed by atoms with Crippen LogP contribution in [0.5, 0.6) is 0 Å². The number of methoxy groups -OCH3 is 1. The van der Waals surface area contributed by atoms with Gasteiger partial charge in [0.2, 0.25) is 0 Å². The predicted octanol–water partition coefficient (Wildman–Crippen LogP) is 2.82. The fraction of sp³-hybridized carbons (Fsp3) is 0.625. The van der Waals surface area contributed by atoms with Crippen molar-refractivity contribution in [2.24, 2.45) is 0 Å². The molecule has 2 rings (SSSR count). The van der Waals surface area contributed by atoms with Crippen LogP contribution in [0, 0.1) is 0 Å². The van der Waals surface area contributed by atoms with Gasteiger partial charge in [-0.25, -0.2) is 0 Å². The largest absolute Gasteiger partial charge is 0.389 e. The van der Waals surface area contributed by atoms with E-state index in [-0.39, 0.29) is 0 Å². The van der Waals surface area contributed by atoms with Gasteiger partial charge in [-0.3, -0.25) is 0 Å². The van der Waals surface area contributed by atoms with Gasteiger partial charge in [-0.2, -0.15) is 0 Å². The lowest BCUT2D eigenvalue weighted by Crippen LogP contribution is -2.27. The first-order valence-corrected chi connectivity index (χ1v) is 8.34. The normalized spacial score (nSPS) is 17.5. The second-order valence-corrected chi connectivity index (χ2v) is 6.59. The molecular weight excluding hydrogens is 270 g/mol. The van der Waals surface area contributed by atoms with Crippen LogP contribution in [-0.2, 0) is 11.3 Å². The molecule has 3 nitrogen and oxygen atoms in total. The molecule has 4 heteroatoms. The first-order chi connectivity index (χ1) is 9.72. The molecule has 112 valence electrons. The number of rotatable bonds is 8. The molecule has 1 aliphatic rings. The number of hydrogen-bond donors (Lipinski definition) is 2. The van der Waals surface area contributed by atoms with Crippen LogP contribution in [0.4, 0.5) is 0 Å². The number of benzene rings is 1. The van der Waals surface area contributed by atoms with Crippen LogP contribution < -0.4 is 5.32 Å². The molecular formula is C16H25NO2S. The van der Waals surface area contributed by atoms with Crippen molar-refractivity contribution in [1.82, 2.24) is 5.32 Å². The lowest BCUT2D eigenvalue weighted by atomic mass is 10.1. The Kier molecular flexibility index (Phi) is 6.36. The van der Waals surface area contributed by atoms with Crippen LogP contribution in [0.2, 0.25) is 0 Å². The molecule has 0 aliphatic heterocycles. The lowest BCUT2D eigenvalue weighted by Gasteiger charge is -2.21. The fourth-order valence-corrected chi connectivity index (χ4v) is 3.68. The van der Waals surface area contributed by atoms with Crippen molar-refractivity contribution in [2.75, 3.05) is 26.0 Å². The molecule has 1 fully saturated rings. The Balaban J connectivity index is 1.79. The summed E-state index contributed by atoms with van der Waals surface area (Å²) in [5.41, 5.74) is 0.849. The van der Waals surface area contributed by atoms with Gasteiger partial charge in [-0.15, -0.1) is 11.8 Å². The SMILES string of the molecule is COCCNCc1cccc(SCC2(O)CCCC2)c1. The highest BCUT2D eigenvalue weighted by atomic mass is 32.2. The molecule has 1 aromatic rings. The summed E-state index contributed by atoms with van der Waals surface area (Å²) < 4.78 is 5.02. The highest BCUT2D eigenvalue weighted by Crippen LogP contribution is 2.34. The Bertz CT molecular complexity index is 405. The van der Waals surface area contributed by atoms with Gasteiger partial charge in [0.1, 0.15) is 0 Å². The Labute approximate surface area is 126 Å². The molecule has 0 radical (unpaired) electrons. The van der Waals surface area contributed by atoms with Crippen LogP contribution in [0.25, 0.3) is 0 Å². The Morgan fingerprint density at radius 3 is 2.90 bits per heavy atom. The Morgan fingerprint density at radius 1 is 1.35 bits per heavy atom. The maximum Gasteiger partial charge on any atom is 0.0741 e. The topological polar surface area (TPSA) is 41.5 Å². The number of ether oxygens (including phenoxy) is 1. The first-order valence-electron chi connectivity index (χ1n) is 7.36. The molecule has 2 N–H and O–H groups in total. The minimum absolute atomic E-state index is 0.433. The van der Waals surface area contributed by atoms with E-state index in [1.165, 1.54) is 23.3 Å². The molecule has 0 heterocycles. The highest BCUT2D eigenvalue weighted by Gasteiger charge is 2.30. The van der Waals surface area contributed by atoms with Crippen LogP contribution >= 0.6 is 11.8 Å². The zero-order valence-corrected chi connectivity index (χ0v) is 13.0. The van der Waals surface area contributed by atoms with Crippen molar-refractivity contribution in [3.05, 3.63) is 29.8 Å². The van der Waals surface area contributed by atoms with Gasteiger partial charge < -0.3 is 15.2 Å². The third-order valence-electron chi connectivity index (χ3n) is 3.75. The summed E-state index contributed by atoms with van der Waals surface area (Å²) in [6, 6.07) is 8.56. The summed E-state index contributed by atoms with van der Waals surface area (Å²) in [4.78, 5) is 1.25. The predicted molar refractivity (Wildman–Crippen MR) is 84.2 cm³/mol. The van der Waals surface area contributed by atoms with Crippen LogP contribution in [0.1, 0.15) is 31.2 Å². The molecule has 0 atom stereocenters. The smallest absolute Gasteiger partial charge is 0.0741 e. The molecule has 1 aromatic carbocycles. The Hall–Kier alpha value is -0.550. The van der Waals surface area contributed by atoms with Gasteiger partial charge in [0.15, 0.2) is 0 Å². The van der Waals surface area contributed by atoms with Gasteiger partial charge in [-0.1, -0.05) is 25.0 Å². The minimum Gasteiger partial charge on any atom is -0.389 e. The summed E-state index contributed by atoms with van der Waals surface area (Å²) >= 11 is 1.77. The van der Waals surface area contributed by atoms with Gasteiger partial charge in [-0.05, 0) is 30.5 Å². The van der Waals surface area contributed by atoms with E-state index < -0.39 is 5.60 Å². The van der Waals surface area contributed by atoms with Crippen molar-refractivity contribution >= 4 is 11.8 Å². The van der Waals surface area contributed by atoms with Gasteiger partial charge in [0, 0.05) is 30.8 Å². The maximum atomic E-state index is 10.4. The van der Waals surface area contributed by atoms with E-state index in [1.807, 2.05) is 0 Å². The fourth-order valence-electron chi connectivity index (χ4n) is 2.55. The third kappa shape index (κ3) is 5.09. The summed E-state index contributed by atoms with van der Waals surface area (Å²) in [7, 11) is 1.71. The van der Waals surface area contributed by atoms with E-state index in [1.54, 1.807) is 18.9 Å². The molecule has 0 bridgehead atoms. The van der Waals surface area contributed by atoms with E-state index in [2.05, 4.69) is 29.6 Å². The zero-order chi connectivity index (χ0) is 14.3. The second kappa shape index (κ2) is 8.03. The average molecular weight is 295 g/mol. The van der Waals surface area contributed by atoms with E-state index in [0.29, 0.717) is 0 Å². The molecule has 20 heavy (non-hydrogen) atoms. The van der Waals surface area contributed by atoms with Crippen molar-refractivity contribution in [3.63, 3.8) is 0 Å². The third-order valence-corrected chi connectivity index (χ3v) is 5.02. The van der Waals surface area contributed by atoms with Crippen molar-refractivity contribution < 1.29 is 9.84 Å². The number of nitrogens with one attached hydrogen (secondary N) is 1. The van der Waals surface area contributed by atoms with Gasteiger partial charge in [0.05, 0.1) is 12.2 Å². The van der Waals surface area contributed by atoms with E-state index in [0.717, 1.165) is 38.3 Å². The highest BCUT2D eigenvalue weighted by molar-refractivity contribution is 7.99. The van der Waals surface area contributed by atoms with Crippen LogP contribution in [0.3, 0.4) is 0 Å². The monoisotopic (exact) mass is 295 g/mol. The van der Waals surface area contributed by atoms with Crippen molar-refractivity contribution in [1.29, 1.82) is 0 Å². The van der Waals surface area contributed by atoms with E-state index in [9.17, 15) is 5.11 Å². The minimum atomic E-state index is -0.433. The average Bonchev–Trinajstić information content (AvgIpc) is 2.89. The standard InChI is InChI=1S/C16H25NO2S/c1-19-10-9-17-12-14-5-4-6-15(11-14)20-13-16(18)7-2-3-8-16/h4-6,11,17-18H,2-3,7-10,12-13H2,1H3. The number of hydrogen-bond acceptors (Lipinski definition) is 4. The molecule has 0 spiro atoms. The van der Waals surface area contributed by atoms with Gasteiger partial charge in [0.25, 0.3) is 0 Å². The Morgan fingerprint density at radius 2 is 2.15 bits per heavy atom. The van der Waals surface area contributed by atoms with E-state index >= 15 is 0 Å². The number of aliphatic hydroxyl groups is 1. The molecule has 1 saturated carbocycles. The maximum absolute atomic E-state index is 10.4. The molecule has 0 saturated heterocycles. The van der Waals surface area contributed by atoms with E-state index in [4.69, 9.17) is 4.74 Å². The van der Waals surface area contributed by atoms with Crippen LogP contribution in [-0.4, -0.2) is 36.7 Å². The second-order valence-electron chi connectivity index (χ2n) is 5.54. The lowest BCUT2D eigenvalue weighted by molar-refractivity contribution is 0.0732.